The average Bonchev–Trinajstić information content (AvgIpc) is 3.14. The number of ketones is 1. The minimum Gasteiger partial charge on any atom is -0.496 e. The van der Waals surface area contributed by atoms with Crippen LogP contribution in [-0.4, -0.2) is 55.1 Å². The van der Waals surface area contributed by atoms with Gasteiger partial charge < -0.3 is 10.1 Å². The highest BCUT2D eigenvalue weighted by Crippen LogP contribution is 2.38. The van der Waals surface area contributed by atoms with E-state index in [4.69, 9.17) is 4.74 Å². The molecule has 1 aromatic rings. The van der Waals surface area contributed by atoms with Crippen molar-refractivity contribution in [1.82, 2.24) is 10.2 Å². The molecule has 1 aromatic carbocycles. The van der Waals surface area contributed by atoms with Crippen LogP contribution in [0.3, 0.4) is 0 Å². The molecule has 2 atom stereocenters. The first-order valence-electron chi connectivity index (χ1n) is 9.64. The number of alkyl halides is 3. The molecule has 1 amide bonds. The molecule has 1 aliphatic heterocycles. The van der Waals surface area contributed by atoms with Crippen molar-refractivity contribution in [2.75, 3.05) is 26.5 Å². The molecule has 3 rings (SSSR count). The van der Waals surface area contributed by atoms with Gasteiger partial charge in [-0.1, -0.05) is 0 Å². The third-order valence-corrected chi connectivity index (χ3v) is 6.44. The van der Waals surface area contributed by atoms with Crippen molar-refractivity contribution in [3.8, 4) is 5.75 Å². The number of thioether (sulfide) groups is 1. The summed E-state index contributed by atoms with van der Waals surface area (Å²) in [5.74, 6) is -0.247. The summed E-state index contributed by atoms with van der Waals surface area (Å²) in [5.41, 5.74) is -0.709. The van der Waals surface area contributed by atoms with E-state index in [0.29, 0.717) is 25.9 Å². The Hall–Kier alpha value is -1.74. The fraction of sp³-hybridized carbons (Fsp3) is 0.600. The van der Waals surface area contributed by atoms with E-state index in [1.165, 1.54) is 7.11 Å². The van der Waals surface area contributed by atoms with E-state index in [-0.39, 0.29) is 34.1 Å². The van der Waals surface area contributed by atoms with E-state index >= 15 is 0 Å². The number of rotatable bonds is 5. The molecule has 1 saturated carbocycles. The number of benzene rings is 1. The van der Waals surface area contributed by atoms with Gasteiger partial charge in [-0.05, 0) is 37.7 Å². The van der Waals surface area contributed by atoms with Crippen LogP contribution in [-0.2, 0) is 11.0 Å². The maximum Gasteiger partial charge on any atom is 0.416 e. The minimum absolute atomic E-state index is 0.0835. The fourth-order valence-corrected chi connectivity index (χ4v) is 4.83. The van der Waals surface area contributed by atoms with E-state index < -0.39 is 17.6 Å². The van der Waals surface area contributed by atoms with Gasteiger partial charge in [0.25, 0.3) is 5.91 Å². The summed E-state index contributed by atoms with van der Waals surface area (Å²) < 4.78 is 44.7. The SMILES string of the molecule is COc1cc(C(F)(F)F)cc(SC)c1C(=O)NC1CCCC1N1CCC(=O)CC1. The van der Waals surface area contributed by atoms with Gasteiger partial charge in [0.1, 0.15) is 11.5 Å². The van der Waals surface area contributed by atoms with Crippen LogP contribution in [0, 0.1) is 0 Å². The molecule has 0 bridgehead atoms. The Kier molecular flexibility index (Phi) is 6.78. The Morgan fingerprint density at radius 3 is 2.52 bits per heavy atom. The number of halogens is 3. The molecule has 1 aliphatic carbocycles. The summed E-state index contributed by atoms with van der Waals surface area (Å²) in [6.07, 6.45) is 0.863. The molecule has 9 heteroatoms. The summed E-state index contributed by atoms with van der Waals surface area (Å²) >= 11 is 1.08. The number of amides is 1. The molecule has 5 nitrogen and oxygen atoms in total. The van der Waals surface area contributed by atoms with Crippen LogP contribution in [0.1, 0.15) is 48.0 Å². The first-order valence-corrected chi connectivity index (χ1v) is 10.9. The molecule has 1 heterocycles. The average molecular weight is 430 g/mol. The molecule has 0 spiro atoms. The zero-order valence-electron chi connectivity index (χ0n) is 16.5. The monoisotopic (exact) mass is 430 g/mol. The molecular weight excluding hydrogens is 405 g/mol. The number of likely N-dealkylation sites (tertiary alicyclic amines) is 1. The first-order chi connectivity index (χ1) is 13.7. The van der Waals surface area contributed by atoms with Gasteiger partial charge >= 0.3 is 6.18 Å². The molecule has 2 fully saturated rings. The lowest BCUT2D eigenvalue weighted by Gasteiger charge is -2.35. The number of carbonyl (C=O) groups excluding carboxylic acids is 2. The number of piperidine rings is 1. The van der Waals surface area contributed by atoms with Crippen LogP contribution in [0.4, 0.5) is 13.2 Å². The van der Waals surface area contributed by atoms with Gasteiger partial charge in [-0.15, -0.1) is 11.8 Å². The highest BCUT2D eigenvalue weighted by Gasteiger charge is 2.37. The lowest BCUT2D eigenvalue weighted by Crippen LogP contribution is -2.51. The van der Waals surface area contributed by atoms with Gasteiger partial charge in [0.05, 0.1) is 18.2 Å². The first kappa shape index (κ1) is 22.0. The number of methoxy groups -OCH3 is 1. The summed E-state index contributed by atoms with van der Waals surface area (Å²) in [5, 5.41) is 3.02. The Bertz CT molecular complexity index is 750. The van der Waals surface area contributed by atoms with Crippen molar-refractivity contribution in [1.29, 1.82) is 0 Å². The third kappa shape index (κ3) is 4.88. The Balaban J connectivity index is 1.81. The van der Waals surface area contributed by atoms with Crippen LogP contribution >= 0.6 is 11.8 Å². The summed E-state index contributed by atoms with van der Waals surface area (Å²) in [4.78, 5) is 27.0. The number of hydrogen-bond acceptors (Lipinski definition) is 5. The van der Waals surface area contributed by atoms with Gasteiger partial charge in [0, 0.05) is 42.9 Å². The number of nitrogens with zero attached hydrogens (tertiary/aromatic N) is 1. The summed E-state index contributed by atoms with van der Waals surface area (Å²) in [6.45, 7) is 1.38. The Morgan fingerprint density at radius 1 is 1.24 bits per heavy atom. The third-order valence-electron chi connectivity index (χ3n) is 5.68. The minimum atomic E-state index is -4.52. The second-order valence-corrected chi connectivity index (χ2v) is 8.25. The highest BCUT2D eigenvalue weighted by molar-refractivity contribution is 7.98. The molecular formula is C20H25F3N2O3S. The standard InChI is InChI=1S/C20H25F3N2O3S/c1-28-16-10-12(20(21,22)23)11-17(29-2)18(16)19(27)24-14-4-3-5-15(14)25-8-6-13(26)7-9-25/h10-11,14-15H,3-9H2,1-2H3,(H,24,27). The van der Waals surface area contributed by atoms with E-state index in [2.05, 4.69) is 10.2 Å². The topological polar surface area (TPSA) is 58.6 Å². The molecule has 2 aliphatic rings. The molecule has 0 aromatic heterocycles. The van der Waals surface area contributed by atoms with E-state index in [1.54, 1.807) is 6.26 Å². The van der Waals surface area contributed by atoms with Gasteiger partial charge in [-0.25, -0.2) is 0 Å². The van der Waals surface area contributed by atoms with Crippen molar-refractivity contribution in [2.45, 2.75) is 55.3 Å². The molecule has 1 saturated heterocycles. The predicted octanol–water partition coefficient (Wildman–Crippen LogP) is 3.75. The summed E-state index contributed by atoms with van der Waals surface area (Å²) in [6, 6.07) is 1.91. The maximum absolute atomic E-state index is 13.2. The zero-order chi connectivity index (χ0) is 21.2. The van der Waals surface area contributed by atoms with Gasteiger partial charge in [-0.2, -0.15) is 13.2 Å². The lowest BCUT2D eigenvalue weighted by molar-refractivity contribution is -0.137. The van der Waals surface area contributed by atoms with Crippen molar-refractivity contribution < 1.29 is 27.5 Å². The molecule has 160 valence electrons. The molecule has 0 radical (unpaired) electrons. The number of nitrogens with one attached hydrogen (secondary N) is 1. The highest BCUT2D eigenvalue weighted by atomic mass is 32.2. The molecule has 29 heavy (non-hydrogen) atoms. The van der Waals surface area contributed by atoms with Gasteiger partial charge in [-0.3, -0.25) is 14.5 Å². The van der Waals surface area contributed by atoms with Gasteiger partial charge in [0.15, 0.2) is 0 Å². The smallest absolute Gasteiger partial charge is 0.416 e. The van der Waals surface area contributed by atoms with Crippen molar-refractivity contribution in [3.63, 3.8) is 0 Å². The lowest BCUT2D eigenvalue weighted by atomic mass is 10.0. The predicted molar refractivity (Wildman–Crippen MR) is 104 cm³/mol. The van der Waals surface area contributed by atoms with Crippen LogP contribution in [0.15, 0.2) is 17.0 Å². The molecule has 2 unspecified atom stereocenters. The fourth-order valence-electron chi connectivity index (χ4n) is 4.19. The molecule has 1 N–H and O–H groups in total. The largest absolute Gasteiger partial charge is 0.496 e. The van der Waals surface area contributed by atoms with E-state index in [1.807, 2.05) is 0 Å². The Morgan fingerprint density at radius 2 is 1.93 bits per heavy atom. The second kappa shape index (κ2) is 8.95. The van der Waals surface area contributed by atoms with E-state index in [9.17, 15) is 22.8 Å². The zero-order valence-corrected chi connectivity index (χ0v) is 17.3. The van der Waals surface area contributed by atoms with E-state index in [0.717, 1.165) is 43.2 Å². The normalized spacial score (nSPS) is 23.3. The number of Topliss-reactive ketones (excluding diaryl/α,β-unsaturated/α-hetero) is 1. The second-order valence-electron chi connectivity index (χ2n) is 7.41. The summed E-state index contributed by atoms with van der Waals surface area (Å²) in [7, 11) is 1.26. The quantitative estimate of drug-likeness (QED) is 0.721. The van der Waals surface area contributed by atoms with Crippen molar-refractivity contribution in [2.24, 2.45) is 0 Å². The van der Waals surface area contributed by atoms with Crippen LogP contribution in [0.2, 0.25) is 0 Å². The number of carbonyl (C=O) groups is 2. The number of ether oxygens (including phenoxy) is 1. The van der Waals surface area contributed by atoms with Crippen molar-refractivity contribution >= 4 is 23.5 Å². The van der Waals surface area contributed by atoms with Crippen LogP contribution in [0.5, 0.6) is 5.75 Å². The van der Waals surface area contributed by atoms with Crippen molar-refractivity contribution in [3.05, 3.63) is 23.3 Å². The number of hydrogen-bond donors (Lipinski definition) is 1. The maximum atomic E-state index is 13.2. The van der Waals surface area contributed by atoms with Crippen LogP contribution in [0.25, 0.3) is 0 Å². The van der Waals surface area contributed by atoms with Gasteiger partial charge in [0.2, 0.25) is 0 Å². The Labute approximate surface area is 172 Å². The van der Waals surface area contributed by atoms with Crippen LogP contribution < -0.4 is 10.1 Å².